The lowest BCUT2D eigenvalue weighted by molar-refractivity contribution is -0.127. The van der Waals surface area contributed by atoms with Gasteiger partial charge in [-0.05, 0) is 53.2 Å². The first-order chi connectivity index (χ1) is 17.2. The molecule has 3 aromatic heterocycles. The van der Waals surface area contributed by atoms with Gasteiger partial charge >= 0.3 is 0 Å². The number of alkyl halides is 2. The summed E-state index contributed by atoms with van der Waals surface area (Å²) in [5, 5.41) is 16.7. The van der Waals surface area contributed by atoms with Crippen LogP contribution < -0.4 is 5.32 Å². The molecule has 0 radical (unpaired) electrons. The third-order valence-corrected chi connectivity index (χ3v) is 7.04. The van der Waals surface area contributed by atoms with Gasteiger partial charge < -0.3 is 10.4 Å². The van der Waals surface area contributed by atoms with Gasteiger partial charge in [-0.2, -0.15) is 5.10 Å². The molecule has 1 fully saturated rings. The smallest absolute Gasteiger partial charge is 0.287 e. The van der Waals surface area contributed by atoms with Crippen molar-refractivity contribution in [2.75, 3.05) is 13.2 Å². The van der Waals surface area contributed by atoms with Crippen LogP contribution in [0.15, 0.2) is 41.3 Å². The first-order valence-corrected chi connectivity index (χ1v) is 12.2. The van der Waals surface area contributed by atoms with Crippen LogP contribution in [0, 0.1) is 17.7 Å². The summed E-state index contributed by atoms with van der Waals surface area (Å²) in [6.07, 6.45) is 5.54. The molecule has 1 amide bonds. The molecular formula is C24H22BrF3N6O2. The summed E-state index contributed by atoms with van der Waals surface area (Å²) in [4.78, 5) is 25.5. The van der Waals surface area contributed by atoms with Crippen LogP contribution in [0.1, 0.15) is 25.1 Å². The van der Waals surface area contributed by atoms with Gasteiger partial charge in [-0.25, -0.2) is 27.8 Å². The predicted octanol–water partition coefficient (Wildman–Crippen LogP) is 3.97. The number of aliphatic hydroxyl groups is 1. The lowest BCUT2D eigenvalue weighted by atomic mass is 10.0. The van der Waals surface area contributed by atoms with Crippen molar-refractivity contribution in [3.8, 4) is 5.69 Å². The molecule has 4 aromatic rings. The minimum atomic E-state index is -3.33. The number of rotatable bonds is 7. The maximum absolute atomic E-state index is 14.7. The number of fused-ring (bicyclic) bond motifs is 2. The van der Waals surface area contributed by atoms with Crippen molar-refractivity contribution in [3.63, 3.8) is 0 Å². The Labute approximate surface area is 212 Å². The highest BCUT2D eigenvalue weighted by molar-refractivity contribution is 9.10. The molecule has 0 unspecified atom stereocenters. The molecule has 2 N–H and O–H groups in total. The number of hydrogen-bond donors (Lipinski definition) is 2. The van der Waals surface area contributed by atoms with Crippen molar-refractivity contribution < 1.29 is 23.1 Å². The Kier molecular flexibility index (Phi) is 6.64. The number of nitrogens with zero attached hydrogens (tertiary/aromatic N) is 5. The fourth-order valence-corrected chi connectivity index (χ4v) is 5.05. The Morgan fingerprint density at radius 2 is 2.11 bits per heavy atom. The molecule has 1 aromatic carbocycles. The Morgan fingerprint density at radius 3 is 2.92 bits per heavy atom. The molecular weight excluding hydrogens is 541 g/mol. The number of carbonyl (C=O) groups is 1. The van der Waals surface area contributed by atoms with Gasteiger partial charge in [0.25, 0.3) is 5.92 Å². The van der Waals surface area contributed by atoms with Crippen LogP contribution in [0.3, 0.4) is 0 Å². The topological polar surface area (TPSA) is 106 Å². The predicted molar refractivity (Wildman–Crippen MR) is 129 cm³/mol. The summed E-state index contributed by atoms with van der Waals surface area (Å²) >= 11 is 3.42. The quantitative estimate of drug-likeness (QED) is 0.353. The first kappa shape index (κ1) is 24.6. The minimum Gasteiger partial charge on any atom is -0.390 e. The van der Waals surface area contributed by atoms with Crippen molar-refractivity contribution in [3.05, 3.63) is 52.9 Å². The molecule has 0 saturated heterocycles. The number of hydrogen-bond acceptors (Lipinski definition) is 6. The molecule has 1 aliphatic carbocycles. The molecule has 0 aliphatic heterocycles. The molecule has 8 nitrogen and oxygen atoms in total. The van der Waals surface area contributed by atoms with Crippen LogP contribution in [0.25, 0.3) is 27.6 Å². The zero-order valence-electron chi connectivity index (χ0n) is 19.0. The summed E-state index contributed by atoms with van der Waals surface area (Å²) < 4.78 is 43.2. The van der Waals surface area contributed by atoms with Gasteiger partial charge in [-0.1, -0.05) is 6.07 Å². The van der Waals surface area contributed by atoms with Gasteiger partial charge in [-0.3, -0.25) is 9.78 Å². The van der Waals surface area contributed by atoms with Crippen LogP contribution >= 0.6 is 15.9 Å². The van der Waals surface area contributed by atoms with Crippen LogP contribution in [-0.2, 0) is 11.2 Å². The van der Waals surface area contributed by atoms with Crippen molar-refractivity contribution in [1.82, 2.24) is 30.0 Å². The van der Waals surface area contributed by atoms with E-state index < -0.39 is 30.8 Å². The average Bonchev–Trinajstić information content (AvgIpc) is 3.47. The molecule has 5 rings (SSSR count). The number of aliphatic hydroxyl groups excluding tert-OH is 1. The SMILES string of the molecule is O=C(NCC(F)(F)CO)[C@@H]1CC[C@@H](Cc2ncc3c(Br)nn(-c4cc(F)c5ncccc5c4)c3n2)C1. The monoisotopic (exact) mass is 562 g/mol. The van der Waals surface area contributed by atoms with Crippen LogP contribution in [-0.4, -0.2) is 54.8 Å². The Hall–Kier alpha value is -3.12. The number of halogens is 4. The van der Waals surface area contributed by atoms with Crippen LogP contribution in [0.2, 0.25) is 0 Å². The lowest BCUT2D eigenvalue weighted by Crippen LogP contribution is -2.41. The van der Waals surface area contributed by atoms with E-state index >= 15 is 0 Å². The van der Waals surface area contributed by atoms with E-state index in [-0.39, 0.29) is 17.4 Å². The normalized spacial score (nSPS) is 18.2. The zero-order chi connectivity index (χ0) is 25.4. The number of amides is 1. The van der Waals surface area contributed by atoms with Gasteiger partial charge in [0.2, 0.25) is 5.91 Å². The molecule has 188 valence electrons. The minimum absolute atomic E-state index is 0.112. The number of pyridine rings is 1. The number of carbonyl (C=O) groups excluding carboxylic acids is 1. The molecule has 2 atom stereocenters. The molecule has 3 heterocycles. The van der Waals surface area contributed by atoms with E-state index in [0.717, 1.165) is 6.42 Å². The van der Waals surface area contributed by atoms with Gasteiger partial charge in [0, 0.05) is 36.2 Å². The summed E-state index contributed by atoms with van der Waals surface area (Å²) in [6.45, 7) is -2.19. The Morgan fingerprint density at radius 1 is 1.28 bits per heavy atom. The van der Waals surface area contributed by atoms with E-state index in [0.29, 0.717) is 51.8 Å². The first-order valence-electron chi connectivity index (χ1n) is 11.5. The highest BCUT2D eigenvalue weighted by Gasteiger charge is 2.33. The number of nitrogens with one attached hydrogen (secondary N) is 1. The Bertz CT molecular complexity index is 1450. The summed E-state index contributed by atoms with van der Waals surface area (Å²) in [5.74, 6) is -3.95. The van der Waals surface area contributed by atoms with E-state index in [9.17, 15) is 18.0 Å². The molecule has 0 spiro atoms. The fourth-order valence-electron chi connectivity index (χ4n) is 4.61. The van der Waals surface area contributed by atoms with Crippen molar-refractivity contribution in [2.24, 2.45) is 11.8 Å². The molecule has 0 bridgehead atoms. The third-order valence-electron chi connectivity index (χ3n) is 6.45. The van der Waals surface area contributed by atoms with Gasteiger partial charge in [0.1, 0.15) is 22.6 Å². The van der Waals surface area contributed by atoms with E-state index in [1.165, 1.54) is 12.3 Å². The van der Waals surface area contributed by atoms with Crippen LogP contribution in [0.4, 0.5) is 13.2 Å². The van der Waals surface area contributed by atoms with Crippen LogP contribution in [0.5, 0.6) is 0 Å². The summed E-state index contributed by atoms with van der Waals surface area (Å²) in [5.41, 5.74) is 1.27. The summed E-state index contributed by atoms with van der Waals surface area (Å²) in [6, 6.07) is 6.65. The average molecular weight is 563 g/mol. The second-order valence-corrected chi connectivity index (χ2v) is 9.79. The molecule has 1 aliphatic rings. The molecule has 1 saturated carbocycles. The van der Waals surface area contributed by atoms with Gasteiger partial charge in [-0.15, -0.1) is 0 Å². The summed E-state index contributed by atoms with van der Waals surface area (Å²) in [7, 11) is 0. The van der Waals surface area contributed by atoms with Crippen molar-refractivity contribution >= 4 is 43.8 Å². The number of aromatic nitrogens is 5. The maximum atomic E-state index is 14.7. The maximum Gasteiger partial charge on any atom is 0.287 e. The van der Waals surface area contributed by atoms with E-state index in [1.54, 1.807) is 29.1 Å². The van der Waals surface area contributed by atoms with E-state index in [4.69, 9.17) is 5.11 Å². The third kappa shape index (κ3) is 4.92. The Balaban J connectivity index is 1.35. The highest BCUT2D eigenvalue weighted by Crippen LogP contribution is 2.34. The second-order valence-electron chi connectivity index (χ2n) is 9.04. The van der Waals surface area contributed by atoms with Crippen molar-refractivity contribution in [2.45, 2.75) is 31.6 Å². The van der Waals surface area contributed by atoms with Gasteiger partial charge in [0.15, 0.2) is 11.5 Å². The molecule has 12 heteroatoms. The van der Waals surface area contributed by atoms with Gasteiger partial charge in [0.05, 0.1) is 17.6 Å². The number of benzene rings is 1. The second kappa shape index (κ2) is 9.74. The lowest BCUT2D eigenvalue weighted by Gasteiger charge is -2.16. The van der Waals surface area contributed by atoms with Crippen molar-refractivity contribution in [1.29, 1.82) is 0 Å². The highest BCUT2D eigenvalue weighted by atomic mass is 79.9. The zero-order valence-corrected chi connectivity index (χ0v) is 20.6. The largest absolute Gasteiger partial charge is 0.390 e. The fraction of sp³-hybridized carbons (Fsp3) is 0.375. The van der Waals surface area contributed by atoms with E-state index in [2.05, 4.69) is 41.3 Å². The standard InChI is InChI=1S/C24H22BrF3N6O2/c25-21-17-10-30-19(7-13-3-4-15(6-13)23(36)31-11-24(27,28)12-35)32-22(17)34(33-21)16-8-14-2-1-5-29-20(14)18(26)9-16/h1-2,5,8-10,13,15,35H,3-4,6-7,11-12H2,(H,31,36)/t13-,15-/m1/s1. The molecule has 36 heavy (non-hydrogen) atoms. The van der Waals surface area contributed by atoms with E-state index in [1.807, 2.05) is 0 Å².